The number of allylic oxidation sites excluding steroid dienone is 1. The molecule has 0 aromatic carbocycles. The maximum Gasteiger partial charge on any atom is 0.111 e. The number of rotatable bonds is 4. The fraction of sp³-hybridized carbons (Fsp3) is 0.750. The zero-order chi connectivity index (χ0) is 7.11. The Morgan fingerprint density at radius 1 is 1.56 bits per heavy atom. The van der Waals surface area contributed by atoms with Gasteiger partial charge in [-0.1, -0.05) is 31.9 Å². The average molecular weight is 127 g/mol. The van der Waals surface area contributed by atoms with E-state index in [2.05, 4.69) is 6.92 Å². The van der Waals surface area contributed by atoms with E-state index < -0.39 is 6.10 Å². The summed E-state index contributed by atoms with van der Waals surface area (Å²) in [6, 6.07) is 0. The first-order valence-electron chi connectivity index (χ1n) is 3.60. The SMILES string of the molecule is C/C=C\C([O])CCCC. The van der Waals surface area contributed by atoms with Crippen LogP contribution in [0.5, 0.6) is 0 Å². The summed E-state index contributed by atoms with van der Waals surface area (Å²) in [4.78, 5) is 0. The van der Waals surface area contributed by atoms with E-state index in [9.17, 15) is 5.11 Å². The molecule has 0 bridgehead atoms. The van der Waals surface area contributed by atoms with Gasteiger partial charge in [-0.25, -0.2) is 5.11 Å². The maximum atomic E-state index is 10.8. The highest BCUT2D eigenvalue weighted by Gasteiger charge is 1.97. The third-order valence-corrected chi connectivity index (χ3v) is 1.25. The van der Waals surface area contributed by atoms with E-state index >= 15 is 0 Å². The van der Waals surface area contributed by atoms with Crippen molar-refractivity contribution >= 4 is 0 Å². The molecule has 53 valence electrons. The highest BCUT2D eigenvalue weighted by atomic mass is 16.3. The summed E-state index contributed by atoms with van der Waals surface area (Å²) in [5.74, 6) is 0. The van der Waals surface area contributed by atoms with Crippen LogP contribution in [0.25, 0.3) is 0 Å². The standard InChI is InChI=1S/C8H15O/c1-3-5-7-8(9)6-4-2/h4,6,8H,3,5,7H2,1-2H3/b6-4-. The second-order valence-electron chi connectivity index (χ2n) is 2.21. The molecule has 9 heavy (non-hydrogen) atoms. The molecule has 0 aliphatic rings. The molecule has 0 spiro atoms. The van der Waals surface area contributed by atoms with E-state index in [1.807, 2.05) is 13.0 Å². The lowest BCUT2D eigenvalue weighted by Crippen LogP contribution is -1.97. The molecule has 0 saturated carbocycles. The van der Waals surface area contributed by atoms with Crippen molar-refractivity contribution in [3.05, 3.63) is 12.2 Å². The maximum absolute atomic E-state index is 10.8. The van der Waals surface area contributed by atoms with Crippen molar-refractivity contribution in [1.29, 1.82) is 0 Å². The van der Waals surface area contributed by atoms with Crippen LogP contribution in [0.3, 0.4) is 0 Å². The first-order chi connectivity index (χ1) is 4.31. The van der Waals surface area contributed by atoms with Gasteiger partial charge >= 0.3 is 0 Å². The van der Waals surface area contributed by atoms with Crippen molar-refractivity contribution in [3.8, 4) is 0 Å². The van der Waals surface area contributed by atoms with E-state index in [0.29, 0.717) is 0 Å². The summed E-state index contributed by atoms with van der Waals surface area (Å²) in [5.41, 5.74) is 0. The fourth-order valence-electron chi connectivity index (χ4n) is 0.716. The molecule has 0 amide bonds. The molecule has 0 aliphatic heterocycles. The molecule has 0 saturated heterocycles. The molecule has 1 unspecified atom stereocenters. The molecule has 0 aromatic rings. The Balaban J connectivity index is 3.15. The van der Waals surface area contributed by atoms with E-state index in [-0.39, 0.29) is 0 Å². The first-order valence-corrected chi connectivity index (χ1v) is 3.60. The van der Waals surface area contributed by atoms with Crippen LogP contribution < -0.4 is 0 Å². The van der Waals surface area contributed by atoms with Crippen LogP contribution in [-0.4, -0.2) is 6.10 Å². The lowest BCUT2D eigenvalue weighted by Gasteiger charge is -1.98. The molecule has 1 radical (unpaired) electrons. The Hall–Kier alpha value is -0.300. The molecular weight excluding hydrogens is 112 g/mol. The molecule has 0 aliphatic carbocycles. The Kier molecular flexibility index (Phi) is 5.64. The number of hydrogen-bond acceptors (Lipinski definition) is 0. The van der Waals surface area contributed by atoms with Crippen molar-refractivity contribution in [2.45, 2.75) is 39.2 Å². The molecule has 0 rings (SSSR count). The molecular formula is C8H15O. The minimum Gasteiger partial charge on any atom is -0.229 e. The van der Waals surface area contributed by atoms with Crippen molar-refractivity contribution < 1.29 is 5.11 Å². The van der Waals surface area contributed by atoms with Crippen LogP contribution >= 0.6 is 0 Å². The smallest absolute Gasteiger partial charge is 0.111 e. The monoisotopic (exact) mass is 127 g/mol. The van der Waals surface area contributed by atoms with Gasteiger partial charge in [0.05, 0.1) is 0 Å². The van der Waals surface area contributed by atoms with Crippen molar-refractivity contribution in [2.75, 3.05) is 0 Å². The second kappa shape index (κ2) is 5.83. The quantitative estimate of drug-likeness (QED) is 0.517. The van der Waals surface area contributed by atoms with E-state index in [4.69, 9.17) is 0 Å². The highest BCUT2D eigenvalue weighted by molar-refractivity contribution is 4.84. The van der Waals surface area contributed by atoms with E-state index in [1.165, 1.54) is 0 Å². The van der Waals surface area contributed by atoms with Gasteiger partial charge < -0.3 is 0 Å². The Morgan fingerprint density at radius 2 is 2.22 bits per heavy atom. The molecule has 0 fully saturated rings. The van der Waals surface area contributed by atoms with Gasteiger partial charge in [-0.2, -0.15) is 0 Å². The van der Waals surface area contributed by atoms with Crippen LogP contribution in [0.15, 0.2) is 12.2 Å². The normalized spacial score (nSPS) is 14.6. The van der Waals surface area contributed by atoms with Gasteiger partial charge in [0.25, 0.3) is 0 Å². The third kappa shape index (κ3) is 5.57. The van der Waals surface area contributed by atoms with Crippen LogP contribution in [0.2, 0.25) is 0 Å². The number of hydrogen-bond donors (Lipinski definition) is 0. The number of unbranched alkanes of at least 4 members (excludes halogenated alkanes) is 1. The largest absolute Gasteiger partial charge is 0.229 e. The molecule has 0 aromatic heterocycles. The van der Waals surface area contributed by atoms with E-state index in [0.717, 1.165) is 19.3 Å². The van der Waals surface area contributed by atoms with Crippen molar-refractivity contribution in [2.24, 2.45) is 0 Å². The zero-order valence-corrected chi connectivity index (χ0v) is 6.26. The summed E-state index contributed by atoms with van der Waals surface area (Å²) in [6.07, 6.45) is 6.05. The topological polar surface area (TPSA) is 19.9 Å². The Bertz CT molecular complexity index is 76.6. The zero-order valence-electron chi connectivity index (χ0n) is 6.26. The van der Waals surface area contributed by atoms with Crippen molar-refractivity contribution in [1.82, 2.24) is 0 Å². The minimum absolute atomic E-state index is 0.463. The van der Waals surface area contributed by atoms with Gasteiger partial charge in [0.15, 0.2) is 0 Å². The van der Waals surface area contributed by atoms with Crippen LogP contribution in [0, 0.1) is 0 Å². The van der Waals surface area contributed by atoms with Gasteiger partial charge in [-0.05, 0) is 13.3 Å². The fourth-order valence-corrected chi connectivity index (χ4v) is 0.716. The minimum atomic E-state index is -0.463. The van der Waals surface area contributed by atoms with Gasteiger partial charge in [-0.15, -0.1) is 0 Å². The predicted octanol–water partition coefficient (Wildman–Crippen LogP) is 2.55. The molecule has 1 atom stereocenters. The molecule has 0 N–H and O–H groups in total. The van der Waals surface area contributed by atoms with Crippen LogP contribution in [0.1, 0.15) is 33.1 Å². The summed E-state index contributed by atoms with van der Waals surface area (Å²) in [6.45, 7) is 3.99. The van der Waals surface area contributed by atoms with E-state index in [1.54, 1.807) is 6.08 Å². The predicted molar refractivity (Wildman–Crippen MR) is 38.8 cm³/mol. The van der Waals surface area contributed by atoms with Crippen molar-refractivity contribution in [3.63, 3.8) is 0 Å². The molecule has 0 heterocycles. The Labute approximate surface area is 57.4 Å². The highest BCUT2D eigenvalue weighted by Crippen LogP contribution is 2.01. The van der Waals surface area contributed by atoms with Gasteiger partial charge in [0, 0.05) is 0 Å². The summed E-state index contributed by atoms with van der Waals surface area (Å²) >= 11 is 0. The third-order valence-electron chi connectivity index (χ3n) is 1.25. The van der Waals surface area contributed by atoms with Crippen LogP contribution in [0.4, 0.5) is 0 Å². The molecule has 1 nitrogen and oxygen atoms in total. The van der Waals surface area contributed by atoms with Gasteiger partial charge in [-0.3, -0.25) is 0 Å². The summed E-state index contributed by atoms with van der Waals surface area (Å²) in [5, 5.41) is 10.8. The lowest BCUT2D eigenvalue weighted by molar-refractivity contribution is 0.120. The molecule has 1 heteroatoms. The van der Waals surface area contributed by atoms with Gasteiger partial charge in [0.1, 0.15) is 6.10 Å². The summed E-state index contributed by atoms with van der Waals surface area (Å²) in [7, 11) is 0. The second-order valence-corrected chi connectivity index (χ2v) is 2.21. The average Bonchev–Trinajstić information content (AvgIpc) is 1.85. The van der Waals surface area contributed by atoms with Gasteiger partial charge in [0.2, 0.25) is 0 Å². The summed E-state index contributed by atoms with van der Waals surface area (Å²) < 4.78 is 0. The Morgan fingerprint density at radius 3 is 2.67 bits per heavy atom. The van der Waals surface area contributed by atoms with Crippen LogP contribution in [-0.2, 0) is 5.11 Å². The lowest BCUT2D eigenvalue weighted by atomic mass is 10.1. The first kappa shape index (κ1) is 8.70.